The lowest BCUT2D eigenvalue weighted by molar-refractivity contribution is 0.0823. The van der Waals surface area contributed by atoms with Crippen molar-refractivity contribution < 1.29 is 17.9 Å². The maximum atomic E-state index is 13.0. The molecular weight excluding hydrogens is 354 g/mol. The van der Waals surface area contributed by atoms with Crippen molar-refractivity contribution in [1.82, 2.24) is 9.21 Å². The van der Waals surface area contributed by atoms with Gasteiger partial charge in [-0.3, -0.25) is 4.79 Å². The highest BCUT2D eigenvalue weighted by Crippen LogP contribution is 2.35. The first-order valence-corrected chi connectivity index (χ1v) is 9.35. The molecule has 1 fully saturated rings. The van der Waals surface area contributed by atoms with Crippen molar-refractivity contribution in [3.05, 3.63) is 22.7 Å². The first kappa shape index (κ1) is 19.0. The second-order valence-electron chi connectivity index (χ2n) is 5.93. The smallest absolute Gasteiger partial charge is 0.257 e. The number of ether oxygens (including phenoxy) is 1. The molecule has 0 bridgehead atoms. The summed E-state index contributed by atoms with van der Waals surface area (Å²) in [6.45, 7) is 0.659. The second kappa shape index (κ2) is 7.26. The van der Waals surface area contributed by atoms with Gasteiger partial charge in [-0.05, 0) is 25.0 Å². The molecule has 7 nitrogen and oxygen atoms in total. The summed E-state index contributed by atoms with van der Waals surface area (Å²) < 4.78 is 32.6. The van der Waals surface area contributed by atoms with Gasteiger partial charge in [0.2, 0.25) is 10.0 Å². The molecule has 134 valence electrons. The lowest BCUT2D eigenvalue weighted by Gasteiger charge is -2.30. The van der Waals surface area contributed by atoms with E-state index in [0.717, 1.165) is 0 Å². The fourth-order valence-corrected chi connectivity index (χ4v) is 4.58. The Morgan fingerprint density at radius 3 is 2.42 bits per heavy atom. The van der Waals surface area contributed by atoms with E-state index in [0.29, 0.717) is 25.9 Å². The molecule has 1 heterocycles. The maximum Gasteiger partial charge on any atom is 0.257 e. The molecule has 1 aromatic carbocycles. The largest absolute Gasteiger partial charge is 0.494 e. The second-order valence-corrected chi connectivity index (χ2v) is 8.27. The van der Waals surface area contributed by atoms with E-state index >= 15 is 0 Å². The third-order valence-corrected chi connectivity index (χ3v) is 6.10. The lowest BCUT2D eigenvalue weighted by Crippen LogP contribution is -2.42. The molecule has 0 saturated carbocycles. The van der Waals surface area contributed by atoms with Gasteiger partial charge in [0.1, 0.15) is 4.90 Å². The predicted octanol–water partition coefficient (Wildman–Crippen LogP) is 1.16. The van der Waals surface area contributed by atoms with Gasteiger partial charge >= 0.3 is 0 Å². The van der Waals surface area contributed by atoms with E-state index in [9.17, 15) is 13.2 Å². The molecule has 0 spiro atoms. The summed E-state index contributed by atoms with van der Waals surface area (Å²) in [4.78, 5) is 13.6. The molecule has 2 N–H and O–H groups in total. The number of amides is 1. The van der Waals surface area contributed by atoms with Gasteiger partial charge in [0.15, 0.2) is 5.75 Å². The van der Waals surface area contributed by atoms with E-state index in [2.05, 4.69) is 0 Å². The molecule has 0 aromatic heterocycles. The third-order valence-electron chi connectivity index (χ3n) is 3.98. The highest BCUT2D eigenvalue weighted by atomic mass is 35.5. The highest BCUT2D eigenvalue weighted by Gasteiger charge is 2.33. The Bertz CT molecular complexity index is 728. The molecule has 0 unspecified atom stereocenters. The number of nitrogens with zero attached hydrogens (tertiary/aromatic N) is 2. The van der Waals surface area contributed by atoms with Gasteiger partial charge in [-0.25, -0.2) is 8.42 Å². The Kier molecular flexibility index (Phi) is 5.74. The predicted molar refractivity (Wildman–Crippen MR) is 92.0 cm³/mol. The topological polar surface area (TPSA) is 92.9 Å². The summed E-state index contributed by atoms with van der Waals surface area (Å²) >= 11 is 6.07. The van der Waals surface area contributed by atoms with E-state index in [4.69, 9.17) is 22.1 Å². The van der Waals surface area contributed by atoms with Crippen LogP contribution in [0.3, 0.4) is 0 Å². The molecule has 1 saturated heterocycles. The minimum Gasteiger partial charge on any atom is -0.494 e. The average Bonchev–Trinajstić information content (AvgIpc) is 2.53. The molecule has 0 radical (unpaired) electrons. The molecule has 1 aromatic rings. The number of hydrogen-bond donors (Lipinski definition) is 1. The van der Waals surface area contributed by atoms with Crippen molar-refractivity contribution in [3.8, 4) is 5.75 Å². The summed E-state index contributed by atoms with van der Waals surface area (Å²) in [6.07, 6.45) is 1.18. The average molecular weight is 376 g/mol. The van der Waals surface area contributed by atoms with Gasteiger partial charge in [0.05, 0.1) is 12.7 Å². The van der Waals surface area contributed by atoms with Crippen molar-refractivity contribution >= 4 is 27.5 Å². The zero-order chi connectivity index (χ0) is 18.1. The molecular formula is C15H22ClN3O4S. The summed E-state index contributed by atoms with van der Waals surface area (Å²) in [7, 11) is 0.644. The molecule has 0 aliphatic carbocycles. The number of sulfonamides is 1. The quantitative estimate of drug-likeness (QED) is 0.852. The van der Waals surface area contributed by atoms with E-state index in [1.807, 2.05) is 0 Å². The van der Waals surface area contributed by atoms with Gasteiger partial charge in [0, 0.05) is 38.2 Å². The monoisotopic (exact) mass is 375 g/mol. The lowest BCUT2D eigenvalue weighted by atomic mass is 10.1. The van der Waals surface area contributed by atoms with Crippen LogP contribution in [0, 0.1) is 0 Å². The SMILES string of the molecule is COc1c(C(=O)N(C)C)cc(Cl)cc1S(=O)(=O)N1CCC(N)CC1. The highest BCUT2D eigenvalue weighted by molar-refractivity contribution is 7.89. The fourth-order valence-electron chi connectivity index (χ4n) is 2.63. The van der Waals surface area contributed by atoms with Crippen LogP contribution in [0.1, 0.15) is 23.2 Å². The van der Waals surface area contributed by atoms with Crippen LogP contribution in [0.15, 0.2) is 17.0 Å². The summed E-state index contributed by atoms with van der Waals surface area (Å²) in [5.74, 6) is -0.376. The van der Waals surface area contributed by atoms with Crippen LogP contribution in [-0.4, -0.2) is 63.9 Å². The van der Waals surface area contributed by atoms with Gasteiger partial charge in [-0.15, -0.1) is 0 Å². The molecule has 1 aliphatic heterocycles. The summed E-state index contributed by atoms with van der Waals surface area (Å²) in [5, 5.41) is 0.160. The third kappa shape index (κ3) is 3.66. The number of rotatable bonds is 4. The Hall–Kier alpha value is -1.35. The van der Waals surface area contributed by atoms with Crippen LogP contribution in [0.25, 0.3) is 0 Å². The van der Waals surface area contributed by atoms with E-state index < -0.39 is 10.0 Å². The summed E-state index contributed by atoms with van der Waals surface area (Å²) in [6, 6.07) is 2.73. The zero-order valence-electron chi connectivity index (χ0n) is 14.0. The van der Waals surface area contributed by atoms with Crippen molar-refractivity contribution in [3.63, 3.8) is 0 Å². The van der Waals surface area contributed by atoms with Gasteiger partial charge in [-0.1, -0.05) is 11.6 Å². The number of piperidine rings is 1. The number of methoxy groups -OCH3 is 1. The Labute approximate surface area is 147 Å². The van der Waals surface area contributed by atoms with Crippen LogP contribution in [0.4, 0.5) is 0 Å². The Balaban J connectivity index is 2.55. The van der Waals surface area contributed by atoms with E-state index in [-0.39, 0.29) is 33.2 Å². The number of halogens is 1. The molecule has 24 heavy (non-hydrogen) atoms. The number of benzene rings is 1. The van der Waals surface area contributed by atoms with Crippen LogP contribution < -0.4 is 10.5 Å². The van der Waals surface area contributed by atoms with Crippen molar-refractivity contribution in [1.29, 1.82) is 0 Å². The Morgan fingerprint density at radius 2 is 1.92 bits per heavy atom. The zero-order valence-corrected chi connectivity index (χ0v) is 15.5. The maximum absolute atomic E-state index is 13.0. The van der Waals surface area contributed by atoms with Gasteiger partial charge < -0.3 is 15.4 Å². The van der Waals surface area contributed by atoms with E-state index in [1.165, 1.54) is 28.4 Å². The normalized spacial score (nSPS) is 16.9. The van der Waals surface area contributed by atoms with Crippen LogP contribution in [-0.2, 0) is 10.0 Å². The fraction of sp³-hybridized carbons (Fsp3) is 0.533. The first-order valence-electron chi connectivity index (χ1n) is 7.53. The molecule has 1 amide bonds. The first-order chi connectivity index (χ1) is 11.2. The minimum absolute atomic E-state index is 0.00332. The number of hydrogen-bond acceptors (Lipinski definition) is 5. The molecule has 2 rings (SSSR count). The van der Waals surface area contributed by atoms with E-state index in [1.54, 1.807) is 14.1 Å². The Morgan fingerprint density at radius 1 is 1.33 bits per heavy atom. The number of nitrogens with two attached hydrogens (primary N) is 1. The summed E-state index contributed by atoms with van der Waals surface area (Å²) in [5.41, 5.74) is 5.95. The van der Waals surface area contributed by atoms with Crippen molar-refractivity contribution in [2.24, 2.45) is 5.73 Å². The number of carbonyl (C=O) groups is 1. The molecule has 0 atom stereocenters. The molecule has 9 heteroatoms. The van der Waals surface area contributed by atoms with Crippen LogP contribution in [0.5, 0.6) is 5.75 Å². The molecule has 1 aliphatic rings. The number of carbonyl (C=O) groups excluding carboxylic acids is 1. The van der Waals surface area contributed by atoms with Crippen molar-refractivity contribution in [2.45, 2.75) is 23.8 Å². The van der Waals surface area contributed by atoms with Crippen molar-refractivity contribution in [2.75, 3.05) is 34.3 Å². The van der Waals surface area contributed by atoms with Crippen LogP contribution in [0.2, 0.25) is 5.02 Å². The standard InChI is InChI=1S/C15H22ClN3O4S/c1-18(2)15(20)12-8-10(16)9-13(14(12)23-3)24(21,22)19-6-4-11(17)5-7-19/h8-9,11H,4-7,17H2,1-3H3. The van der Waals surface area contributed by atoms with Gasteiger partial charge in [0.25, 0.3) is 5.91 Å². The van der Waals surface area contributed by atoms with Gasteiger partial charge in [-0.2, -0.15) is 4.31 Å². The van der Waals surface area contributed by atoms with Crippen LogP contribution >= 0.6 is 11.6 Å². The minimum atomic E-state index is -3.83.